The Bertz CT molecular complexity index is 636. The maximum Gasteiger partial charge on any atom is 0.127 e. The number of fused-ring (bicyclic) bond motifs is 1. The Morgan fingerprint density at radius 2 is 1.68 bits per heavy atom. The highest BCUT2D eigenvalue weighted by molar-refractivity contribution is 5.74. The number of rotatable bonds is 1. The van der Waals surface area contributed by atoms with E-state index in [-0.39, 0.29) is 0 Å². The van der Waals surface area contributed by atoms with E-state index >= 15 is 0 Å². The summed E-state index contributed by atoms with van der Waals surface area (Å²) in [5.41, 5.74) is 4.82. The van der Waals surface area contributed by atoms with Gasteiger partial charge >= 0.3 is 0 Å². The third kappa shape index (κ3) is 2.60. The summed E-state index contributed by atoms with van der Waals surface area (Å²) in [6.45, 7) is 2.75. The molecular formula is C18H16O. The fraction of sp³-hybridized carbons (Fsp3) is 0.111. The van der Waals surface area contributed by atoms with Gasteiger partial charge < -0.3 is 4.74 Å². The topological polar surface area (TPSA) is 9.23 Å². The lowest BCUT2D eigenvalue weighted by molar-refractivity contribution is 0.357. The molecule has 0 bridgehead atoms. The van der Waals surface area contributed by atoms with E-state index in [1.807, 2.05) is 24.3 Å². The number of para-hydroxylation sites is 1. The monoisotopic (exact) mass is 248 g/mol. The minimum Gasteiger partial charge on any atom is -0.488 e. The fourth-order valence-corrected chi connectivity index (χ4v) is 2.32. The highest BCUT2D eigenvalue weighted by atomic mass is 16.5. The van der Waals surface area contributed by atoms with Gasteiger partial charge in [-0.2, -0.15) is 0 Å². The second kappa shape index (κ2) is 5.15. The van der Waals surface area contributed by atoms with Crippen LogP contribution in [0.4, 0.5) is 0 Å². The molecule has 0 radical (unpaired) electrons. The largest absolute Gasteiger partial charge is 0.488 e. The van der Waals surface area contributed by atoms with Crippen molar-refractivity contribution in [2.45, 2.75) is 6.92 Å². The molecule has 0 aliphatic carbocycles. The van der Waals surface area contributed by atoms with E-state index in [9.17, 15) is 0 Å². The molecule has 19 heavy (non-hydrogen) atoms. The zero-order valence-corrected chi connectivity index (χ0v) is 11.0. The molecule has 0 fully saturated rings. The van der Waals surface area contributed by atoms with Gasteiger partial charge in [0.05, 0.1) is 0 Å². The molecule has 1 heteroatoms. The van der Waals surface area contributed by atoms with Crippen LogP contribution in [0, 0.1) is 0 Å². The Morgan fingerprint density at radius 1 is 0.947 bits per heavy atom. The van der Waals surface area contributed by atoms with E-state index in [1.165, 1.54) is 22.3 Å². The normalized spacial score (nSPS) is 16.3. The Morgan fingerprint density at radius 3 is 2.53 bits per heavy atom. The minimum atomic E-state index is 0.614. The Kier molecular flexibility index (Phi) is 3.20. The highest BCUT2D eigenvalue weighted by Crippen LogP contribution is 2.30. The summed E-state index contributed by atoms with van der Waals surface area (Å²) in [5.74, 6) is 0.965. The maximum absolute atomic E-state index is 5.88. The summed E-state index contributed by atoms with van der Waals surface area (Å²) in [6, 6.07) is 18.5. The number of ether oxygens (including phenoxy) is 1. The molecular weight excluding hydrogens is 232 g/mol. The molecule has 0 spiro atoms. The summed E-state index contributed by atoms with van der Waals surface area (Å²) in [5, 5.41) is 0. The van der Waals surface area contributed by atoms with Crippen LogP contribution in [0.2, 0.25) is 0 Å². The molecule has 0 atom stereocenters. The van der Waals surface area contributed by atoms with Gasteiger partial charge in [0.2, 0.25) is 0 Å². The third-order valence-electron chi connectivity index (χ3n) is 3.26. The van der Waals surface area contributed by atoms with Gasteiger partial charge in [-0.05, 0) is 35.8 Å². The summed E-state index contributed by atoms with van der Waals surface area (Å²) >= 11 is 0. The van der Waals surface area contributed by atoms with Crippen molar-refractivity contribution in [1.29, 1.82) is 0 Å². The van der Waals surface area contributed by atoms with Gasteiger partial charge in [-0.1, -0.05) is 54.6 Å². The summed E-state index contributed by atoms with van der Waals surface area (Å²) in [6.07, 6.45) is 4.38. The lowest BCUT2D eigenvalue weighted by Gasteiger charge is -2.07. The number of allylic oxidation sites excluding steroid dienone is 1. The van der Waals surface area contributed by atoms with Crippen LogP contribution in [0.25, 0.3) is 11.6 Å². The molecule has 0 amide bonds. The van der Waals surface area contributed by atoms with Crippen LogP contribution < -0.4 is 4.74 Å². The van der Waals surface area contributed by atoms with Crippen LogP contribution in [-0.2, 0) is 0 Å². The van der Waals surface area contributed by atoms with Gasteiger partial charge in [-0.3, -0.25) is 0 Å². The van der Waals surface area contributed by atoms with Crippen molar-refractivity contribution in [3.63, 3.8) is 0 Å². The predicted octanol–water partition coefficient (Wildman–Crippen LogP) is 4.57. The van der Waals surface area contributed by atoms with Crippen LogP contribution in [0.15, 0.2) is 66.2 Å². The molecule has 94 valence electrons. The molecule has 0 aromatic heterocycles. The average molecular weight is 248 g/mol. The first-order valence-electron chi connectivity index (χ1n) is 6.49. The predicted molar refractivity (Wildman–Crippen MR) is 80.0 cm³/mol. The molecule has 0 saturated heterocycles. The van der Waals surface area contributed by atoms with Crippen molar-refractivity contribution in [3.05, 3.63) is 77.4 Å². The van der Waals surface area contributed by atoms with Gasteiger partial charge in [0.1, 0.15) is 12.4 Å². The maximum atomic E-state index is 5.88. The van der Waals surface area contributed by atoms with Crippen LogP contribution in [-0.4, -0.2) is 6.61 Å². The van der Waals surface area contributed by atoms with Gasteiger partial charge in [0.15, 0.2) is 0 Å². The van der Waals surface area contributed by atoms with Crippen molar-refractivity contribution in [3.8, 4) is 5.75 Å². The molecule has 1 aliphatic rings. The third-order valence-corrected chi connectivity index (χ3v) is 3.26. The Hall–Kier alpha value is -2.28. The van der Waals surface area contributed by atoms with Crippen molar-refractivity contribution < 1.29 is 4.74 Å². The molecule has 3 rings (SSSR count). The fourth-order valence-electron chi connectivity index (χ4n) is 2.32. The van der Waals surface area contributed by atoms with E-state index in [4.69, 9.17) is 4.74 Å². The second-order valence-corrected chi connectivity index (χ2v) is 4.74. The van der Waals surface area contributed by atoms with E-state index in [0.29, 0.717) is 6.61 Å². The van der Waals surface area contributed by atoms with Gasteiger partial charge in [-0.15, -0.1) is 0 Å². The van der Waals surface area contributed by atoms with Crippen LogP contribution >= 0.6 is 0 Å². The van der Waals surface area contributed by atoms with Gasteiger partial charge in [-0.25, -0.2) is 0 Å². The summed E-state index contributed by atoms with van der Waals surface area (Å²) < 4.78 is 5.88. The molecule has 0 unspecified atom stereocenters. The average Bonchev–Trinajstić information content (AvgIpc) is 2.60. The molecule has 0 N–H and O–H groups in total. The van der Waals surface area contributed by atoms with Crippen molar-refractivity contribution >= 4 is 11.6 Å². The van der Waals surface area contributed by atoms with Crippen LogP contribution in [0.3, 0.4) is 0 Å². The van der Waals surface area contributed by atoms with E-state index in [2.05, 4.69) is 49.4 Å². The molecule has 1 heterocycles. The van der Waals surface area contributed by atoms with Crippen molar-refractivity contribution in [2.75, 3.05) is 6.61 Å². The number of benzene rings is 2. The standard InChI is InChI=1S/C18H16O/c1-14-11-16(12-15-7-3-2-4-8-15)13-19-18-10-6-5-9-17(14)18/h2-12H,13H2,1H3/b16-12+. The number of hydrogen-bond acceptors (Lipinski definition) is 1. The molecule has 1 nitrogen and oxygen atoms in total. The van der Waals surface area contributed by atoms with Crippen LogP contribution in [0.1, 0.15) is 18.1 Å². The van der Waals surface area contributed by atoms with E-state index in [1.54, 1.807) is 0 Å². The van der Waals surface area contributed by atoms with E-state index in [0.717, 1.165) is 5.75 Å². The minimum absolute atomic E-state index is 0.614. The summed E-state index contributed by atoms with van der Waals surface area (Å²) in [4.78, 5) is 0. The number of hydrogen-bond donors (Lipinski definition) is 0. The Balaban J connectivity index is 1.97. The smallest absolute Gasteiger partial charge is 0.127 e. The molecule has 0 saturated carbocycles. The summed E-state index contributed by atoms with van der Waals surface area (Å²) in [7, 11) is 0. The zero-order valence-electron chi connectivity index (χ0n) is 11.0. The quantitative estimate of drug-likeness (QED) is 0.718. The van der Waals surface area contributed by atoms with Gasteiger partial charge in [0.25, 0.3) is 0 Å². The first-order chi connectivity index (χ1) is 9.33. The van der Waals surface area contributed by atoms with Crippen molar-refractivity contribution in [2.24, 2.45) is 0 Å². The van der Waals surface area contributed by atoms with Gasteiger partial charge in [0, 0.05) is 5.56 Å². The highest BCUT2D eigenvalue weighted by Gasteiger charge is 2.10. The lowest BCUT2D eigenvalue weighted by atomic mass is 10.0. The molecule has 2 aromatic rings. The first-order valence-corrected chi connectivity index (χ1v) is 6.49. The molecule has 2 aromatic carbocycles. The van der Waals surface area contributed by atoms with Crippen LogP contribution in [0.5, 0.6) is 5.75 Å². The lowest BCUT2D eigenvalue weighted by Crippen LogP contribution is -1.98. The Labute approximate surface area is 113 Å². The second-order valence-electron chi connectivity index (χ2n) is 4.74. The van der Waals surface area contributed by atoms with E-state index < -0.39 is 0 Å². The first kappa shape index (κ1) is 11.8. The zero-order chi connectivity index (χ0) is 13.1. The van der Waals surface area contributed by atoms with Crippen molar-refractivity contribution in [1.82, 2.24) is 0 Å². The molecule has 1 aliphatic heterocycles. The SMILES string of the molecule is CC1=C/C(=C\c2ccccc2)COc2ccccc21.